The second-order valence-electron chi connectivity index (χ2n) is 5.10. The molecule has 1 N–H and O–H groups in total. The molecule has 1 aromatic rings. The normalized spacial score (nSPS) is 17.7. The van der Waals surface area contributed by atoms with E-state index in [4.69, 9.17) is 16.3 Å². The predicted molar refractivity (Wildman–Crippen MR) is 79.8 cm³/mol. The topological polar surface area (TPSA) is 55.4 Å². The van der Waals surface area contributed by atoms with Gasteiger partial charge in [0.05, 0.1) is 7.11 Å². The Morgan fingerprint density at radius 3 is 2.45 bits per heavy atom. The van der Waals surface area contributed by atoms with Gasteiger partial charge in [0.15, 0.2) is 0 Å². The van der Waals surface area contributed by atoms with Gasteiger partial charge in [-0.25, -0.2) is 13.1 Å². The van der Waals surface area contributed by atoms with E-state index in [1.807, 2.05) is 0 Å². The van der Waals surface area contributed by atoms with E-state index in [0.717, 1.165) is 25.7 Å². The van der Waals surface area contributed by atoms with Crippen molar-refractivity contribution in [1.29, 1.82) is 0 Å². The van der Waals surface area contributed by atoms with Gasteiger partial charge in [-0.05, 0) is 25.0 Å². The first-order chi connectivity index (χ1) is 9.53. The van der Waals surface area contributed by atoms with Gasteiger partial charge >= 0.3 is 0 Å². The third kappa shape index (κ3) is 3.87. The highest BCUT2D eigenvalue weighted by Crippen LogP contribution is 2.28. The predicted octanol–water partition coefficient (Wildman–Crippen LogP) is 3.35. The zero-order valence-electron chi connectivity index (χ0n) is 11.6. The van der Waals surface area contributed by atoms with Crippen LogP contribution in [0.2, 0.25) is 5.02 Å². The summed E-state index contributed by atoms with van der Waals surface area (Å²) in [6, 6.07) is 4.58. The van der Waals surface area contributed by atoms with Crippen molar-refractivity contribution < 1.29 is 13.2 Å². The molecule has 1 fully saturated rings. The zero-order valence-corrected chi connectivity index (χ0v) is 13.1. The van der Waals surface area contributed by atoms with E-state index in [9.17, 15) is 8.42 Å². The molecule has 1 aliphatic rings. The first kappa shape index (κ1) is 15.6. The van der Waals surface area contributed by atoms with Gasteiger partial charge in [-0.15, -0.1) is 0 Å². The highest BCUT2D eigenvalue weighted by molar-refractivity contribution is 7.89. The van der Waals surface area contributed by atoms with E-state index < -0.39 is 10.0 Å². The fraction of sp³-hybridized carbons (Fsp3) is 0.571. The molecule has 0 spiro atoms. The number of benzene rings is 1. The van der Waals surface area contributed by atoms with Crippen molar-refractivity contribution in [3.63, 3.8) is 0 Å². The molecule has 0 saturated heterocycles. The maximum absolute atomic E-state index is 12.5. The Balaban J connectivity index is 2.21. The molecule has 112 valence electrons. The van der Waals surface area contributed by atoms with Crippen molar-refractivity contribution in [3.05, 3.63) is 23.2 Å². The summed E-state index contributed by atoms with van der Waals surface area (Å²) in [6.07, 6.45) is 6.31. The monoisotopic (exact) mass is 317 g/mol. The number of hydrogen-bond acceptors (Lipinski definition) is 3. The van der Waals surface area contributed by atoms with Gasteiger partial charge in [0.25, 0.3) is 0 Å². The van der Waals surface area contributed by atoms with E-state index in [1.54, 1.807) is 6.07 Å². The van der Waals surface area contributed by atoms with Crippen LogP contribution in [-0.4, -0.2) is 21.6 Å². The summed E-state index contributed by atoms with van der Waals surface area (Å²) in [7, 11) is -2.13. The summed E-state index contributed by atoms with van der Waals surface area (Å²) < 4.78 is 32.9. The summed E-state index contributed by atoms with van der Waals surface area (Å²) >= 11 is 5.86. The molecule has 0 unspecified atom stereocenters. The van der Waals surface area contributed by atoms with E-state index in [2.05, 4.69) is 4.72 Å². The van der Waals surface area contributed by atoms with Gasteiger partial charge in [0.2, 0.25) is 10.0 Å². The van der Waals surface area contributed by atoms with Crippen molar-refractivity contribution in [2.24, 2.45) is 0 Å². The number of sulfonamides is 1. The van der Waals surface area contributed by atoms with Crippen LogP contribution in [-0.2, 0) is 10.0 Å². The third-order valence-corrected chi connectivity index (χ3v) is 5.39. The van der Waals surface area contributed by atoms with Gasteiger partial charge in [-0.1, -0.05) is 37.3 Å². The van der Waals surface area contributed by atoms with Gasteiger partial charge in [-0.2, -0.15) is 0 Å². The van der Waals surface area contributed by atoms with Gasteiger partial charge < -0.3 is 4.74 Å². The van der Waals surface area contributed by atoms with Crippen molar-refractivity contribution >= 4 is 21.6 Å². The Kier molecular flexibility index (Phi) is 5.29. The number of methoxy groups -OCH3 is 1. The number of rotatable bonds is 4. The second kappa shape index (κ2) is 6.78. The van der Waals surface area contributed by atoms with Crippen LogP contribution in [0.5, 0.6) is 5.75 Å². The smallest absolute Gasteiger partial charge is 0.244 e. The molecule has 1 aliphatic carbocycles. The molecule has 0 amide bonds. The second-order valence-corrected chi connectivity index (χ2v) is 7.22. The van der Waals surface area contributed by atoms with E-state index in [-0.39, 0.29) is 16.7 Å². The largest absolute Gasteiger partial charge is 0.495 e. The molecular weight excluding hydrogens is 298 g/mol. The molecule has 0 bridgehead atoms. The fourth-order valence-electron chi connectivity index (χ4n) is 2.54. The highest BCUT2D eigenvalue weighted by Gasteiger charge is 2.24. The summed E-state index contributed by atoms with van der Waals surface area (Å²) in [5, 5.41) is 0.454. The van der Waals surface area contributed by atoms with Crippen LogP contribution in [0.4, 0.5) is 0 Å². The SMILES string of the molecule is COc1cc(Cl)ccc1S(=O)(=O)NC1CCCCCC1. The molecule has 0 aromatic heterocycles. The number of nitrogens with one attached hydrogen (secondary N) is 1. The van der Waals surface area contributed by atoms with Gasteiger partial charge in [0.1, 0.15) is 10.6 Å². The zero-order chi connectivity index (χ0) is 14.6. The molecule has 1 saturated carbocycles. The van der Waals surface area contributed by atoms with E-state index in [0.29, 0.717) is 5.02 Å². The maximum Gasteiger partial charge on any atom is 0.244 e. The molecule has 0 heterocycles. The van der Waals surface area contributed by atoms with Crippen LogP contribution in [0, 0.1) is 0 Å². The molecule has 6 heteroatoms. The molecular formula is C14H20ClNO3S. The number of ether oxygens (including phenoxy) is 1. The van der Waals surface area contributed by atoms with Crippen LogP contribution >= 0.6 is 11.6 Å². The molecule has 2 rings (SSSR count). The van der Waals surface area contributed by atoms with Crippen LogP contribution in [0.3, 0.4) is 0 Å². The lowest BCUT2D eigenvalue weighted by Crippen LogP contribution is -2.34. The van der Waals surface area contributed by atoms with Crippen LogP contribution in [0.25, 0.3) is 0 Å². The summed E-state index contributed by atoms with van der Waals surface area (Å²) in [5.41, 5.74) is 0. The van der Waals surface area contributed by atoms with Crippen molar-refractivity contribution in [3.8, 4) is 5.75 Å². The Morgan fingerprint density at radius 1 is 1.20 bits per heavy atom. The summed E-state index contributed by atoms with van der Waals surface area (Å²) in [5.74, 6) is 0.277. The maximum atomic E-state index is 12.5. The van der Waals surface area contributed by atoms with Crippen molar-refractivity contribution in [2.75, 3.05) is 7.11 Å². The molecule has 20 heavy (non-hydrogen) atoms. The van der Waals surface area contributed by atoms with Gasteiger partial charge in [0, 0.05) is 17.1 Å². The summed E-state index contributed by atoms with van der Waals surface area (Å²) in [6.45, 7) is 0. The minimum absolute atomic E-state index is 0.0166. The lowest BCUT2D eigenvalue weighted by atomic mass is 10.1. The minimum Gasteiger partial charge on any atom is -0.495 e. The van der Waals surface area contributed by atoms with Crippen LogP contribution in [0.15, 0.2) is 23.1 Å². The standard InChI is InChI=1S/C14H20ClNO3S/c1-19-13-10-11(15)8-9-14(13)20(17,18)16-12-6-4-2-3-5-7-12/h8-10,12,16H,2-7H2,1H3. The molecule has 0 atom stereocenters. The molecule has 1 aromatic carbocycles. The van der Waals surface area contributed by atoms with Crippen LogP contribution < -0.4 is 9.46 Å². The fourth-order valence-corrected chi connectivity index (χ4v) is 4.16. The van der Waals surface area contributed by atoms with Crippen molar-refractivity contribution in [1.82, 2.24) is 4.72 Å². The Hall–Kier alpha value is -0.780. The Morgan fingerprint density at radius 2 is 1.85 bits per heavy atom. The lowest BCUT2D eigenvalue weighted by Gasteiger charge is -2.17. The van der Waals surface area contributed by atoms with Crippen molar-refractivity contribution in [2.45, 2.75) is 49.5 Å². The average Bonchev–Trinajstić information content (AvgIpc) is 2.66. The highest BCUT2D eigenvalue weighted by atomic mass is 35.5. The van der Waals surface area contributed by atoms with E-state index >= 15 is 0 Å². The van der Waals surface area contributed by atoms with Crippen LogP contribution in [0.1, 0.15) is 38.5 Å². The third-order valence-electron chi connectivity index (χ3n) is 3.59. The Labute approximate surface area is 125 Å². The first-order valence-corrected chi connectivity index (χ1v) is 8.75. The average molecular weight is 318 g/mol. The molecule has 0 aliphatic heterocycles. The van der Waals surface area contributed by atoms with E-state index in [1.165, 1.54) is 32.1 Å². The molecule has 0 radical (unpaired) electrons. The quantitative estimate of drug-likeness (QED) is 0.866. The number of hydrogen-bond donors (Lipinski definition) is 1. The Bertz CT molecular complexity index is 552. The summed E-state index contributed by atoms with van der Waals surface area (Å²) in [4.78, 5) is 0.147. The minimum atomic E-state index is -3.57. The number of halogens is 1. The van der Waals surface area contributed by atoms with Gasteiger partial charge in [-0.3, -0.25) is 0 Å². The first-order valence-electron chi connectivity index (χ1n) is 6.89. The molecule has 4 nitrogen and oxygen atoms in total. The lowest BCUT2D eigenvalue weighted by molar-refractivity contribution is 0.401.